The minimum absolute atomic E-state index is 0.00998. The van der Waals surface area contributed by atoms with Crippen LogP contribution in [0.5, 0.6) is 0 Å². The zero-order valence-electron chi connectivity index (χ0n) is 11.3. The summed E-state index contributed by atoms with van der Waals surface area (Å²) in [5.41, 5.74) is -1.63. The number of carboxylic acid groups (broad SMARTS) is 1. The number of alkyl halides is 3. The monoisotopic (exact) mass is 311 g/mol. The predicted octanol–water partition coefficient (Wildman–Crippen LogP) is 3.56. The summed E-state index contributed by atoms with van der Waals surface area (Å²) in [7, 11) is 0. The molecule has 2 N–H and O–H groups in total. The molecule has 22 heavy (non-hydrogen) atoms. The third-order valence-electron chi connectivity index (χ3n) is 3.73. The van der Waals surface area contributed by atoms with Crippen LogP contribution in [0.15, 0.2) is 36.4 Å². The average molecular weight is 311 g/mol. The number of carbonyl (C=O) groups is 1. The van der Waals surface area contributed by atoms with E-state index in [1.54, 1.807) is 30.3 Å². The second-order valence-electron chi connectivity index (χ2n) is 5.17. The lowest BCUT2D eigenvalue weighted by atomic mass is 10.0. The Labute approximate surface area is 123 Å². The summed E-state index contributed by atoms with van der Waals surface area (Å²) in [6.45, 7) is 0. The molecular weight excluding hydrogens is 299 g/mol. The van der Waals surface area contributed by atoms with Crippen molar-refractivity contribution in [3.05, 3.63) is 42.1 Å². The normalized spacial score (nSPS) is 16.3. The average Bonchev–Trinajstić information content (AvgIpc) is 3.16. The van der Waals surface area contributed by atoms with Gasteiger partial charge in [0.25, 0.3) is 0 Å². The summed E-state index contributed by atoms with van der Waals surface area (Å²) in [6, 6.07) is 9.56. The smallest absolute Gasteiger partial charge is 0.410 e. The summed E-state index contributed by atoms with van der Waals surface area (Å²) >= 11 is 0. The first-order chi connectivity index (χ1) is 10.3. The van der Waals surface area contributed by atoms with Gasteiger partial charge in [-0.25, -0.2) is 9.48 Å². The molecule has 0 bridgehead atoms. The van der Waals surface area contributed by atoms with Crippen molar-refractivity contribution in [2.45, 2.75) is 24.4 Å². The minimum Gasteiger partial charge on any atom is -0.465 e. The zero-order valence-corrected chi connectivity index (χ0v) is 11.3. The minimum atomic E-state index is -4.40. The van der Waals surface area contributed by atoms with Crippen LogP contribution < -0.4 is 5.32 Å². The van der Waals surface area contributed by atoms with Gasteiger partial charge in [0, 0.05) is 6.07 Å². The fraction of sp³-hybridized carbons (Fsp3) is 0.286. The van der Waals surface area contributed by atoms with Crippen LogP contribution in [-0.4, -0.2) is 27.2 Å². The lowest BCUT2D eigenvalue weighted by Crippen LogP contribution is -2.29. The van der Waals surface area contributed by atoms with Gasteiger partial charge in [-0.15, -0.1) is 0 Å². The molecule has 1 aromatic heterocycles. The number of nitrogens with zero attached hydrogens (tertiary/aromatic N) is 2. The molecule has 0 saturated heterocycles. The molecule has 0 radical (unpaired) electrons. The standard InChI is InChI=1S/C14H12F3N3O2/c15-14(16,17)13(6-7-13)10-8-11(18-12(21)22)20(19-10)9-4-2-1-3-5-9/h1-5,8,18H,6-7H2,(H,21,22). The highest BCUT2D eigenvalue weighted by Crippen LogP contribution is 2.58. The number of amides is 1. The number of aromatic nitrogens is 2. The summed E-state index contributed by atoms with van der Waals surface area (Å²) in [5.74, 6) is -0.00998. The van der Waals surface area contributed by atoms with E-state index in [0.717, 1.165) is 6.07 Å². The van der Waals surface area contributed by atoms with Crippen LogP contribution in [0.1, 0.15) is 18.5 Å². The van der Waals surface area contributed by atoms with Gasteiger partial charge in [-0.3, -0.25) is 5.32 Å². The van der Waals surface area contributed by atoms with Crippen molar-refractivity contribution >= 4 is 11.9 Å². The van der Waals surface area contributed by atoms with E-state index in [-0.39, 0.29) is 24.4 Å². The van der Waals surface area contributed by atoms with Gasteiger partial charge in [-0.05, 0) is 25.0 Å². The number of halogens is 3. The van der Waals surface area contributed by atoms with Crippen LogP contribution in [0.2, 0.25) is 0 Å². The van der Waals surface area contributed by atoms with Crippen molar-refractivity contribution in [2.75, 3.05) is 5.32 Å². The maximum atomic E-state index is 13.2. The van der Waals surface area contributed by atoms with Gasteiger partial charge >= 0.3 is 12.3 Å². The first kappa shape index (κ1) is 14.4. The maximum absolute atomic E-state index is 13.2. The third kappa shape index (κ3) is 2.30. The number of benzene rings is 1. The zero-order chi connectivity index (χ0) is 16.0. The first-order valence-corrected chi connectivity index (χ1v) is 6.56. The molecule has 8 heteroatoms. The molecule has 1 heterocycles. The van der Waals surface area contributed by atoms with E-state index in [0.29, 0.717) is 5.69 Å². The molecule has 5 nitrogen and oxygen atoms in total. The molecule has 1 aliphatic carbocycles. The van der Waals surface area contributed by atoms with Gasteiger partial charge in [-0.1, -0.05) is 18.2 Å². The number of rotatable bonds is 3. The van der Waals surface area contributed by atoms with E-state index < -0.39 is 17.7 Å². The Morgan fingerprint density at radius 2 is 1.91 bits per heavy atom. The van der Waals surface area contributed by atoms with Crippen LogP contribution in [0.3, 0.4) is 0 Å². The first-order valence-electron chi connectivity index (χ1n) is 6.56. The molecular formula is C14H12F3N3O2. The van der Waals surface area contributed by atoms with Crippen LogP contribution in [0.4, 0.5) is 23.8 Å². The maximum Gasteiger partial charge on any atom is 0.410 e. The van der Waals surface area contributed by atoms with Crippen molar-refractivity contribution in [2.24, 2.45) is 0 Å². The Kier molecular flexibility index (Phi) is 3.12. The van der Waals surface area contributed by atoms with E-state index in [9.17, 15) is 18.0 Å². The SMILES string of the molecule is O=C(O)Nc1cc(C2(C(F)(F)F)CC2)nn1-c1ccccc1. The van der Waals surface area contributed by atoms with Gasteiger partial charge in [0.1, 0.15) is 11.2 Å². The highest BCUT2D eigenvalue weighted by Gasteiger charge is 2.65. The summed E-state index contributed by atoms with van der Waals surface area (Å²) in [5, 5.41) is 14.9. The highest BCUT2D eigenvalue weighted by atomic mass is 19.4. The summed E-state index contributed by atoms with van der Waals surface area (Å²) in [4.78, 5) is 10.8. The molecule has 0 atom stereocenters. The molecule has 1 fully saturated rings. The van der Waals surface area contributed by atoms with Gasteiger partial charge in [0.05, 0.1) is 11.4 Å². The largest absolute Gasteiger partial charge is 0.465 e. The van der Waals surface area contributed by atoms with E-state index in [2.05, 4.69) is 10.4 Å². The predicted molar refractivity (Wildman–Crippen MR) is 72.2 cm³/mol. The topological polar surface area (TPSA) is 67.2 Å². The van der Waals surface area contributed by atoms with Crippen LogP contribution in [-0.2, 0) is 5.41 Å². The van der Waals surface area contributed by atoms with Gasteiger partial charge < -0.3 is 5.11 Å². The molecule has 1 saturated carbocycles. The lowest BCUT2D eigenvalue weighted by Gasteiger charge is -2.16. The van der Waals surface area contributed by atoms with Crippen molar-refractivity contribution in [1.29, 1.82) is 0 Å². The van der Waals surface area contributed by atoms with Gasteiger partial charge in [0.15, 0.2) is 0 Å². The molecule has 0 aliphatic heterocycles. The van der Waals surface area contributed by atoms with Crippen molar-refractivity contribution in [3.8, 4) is 5.69 Å². The van der Waals surface area contributed by atoms with E-state index in [4.69, 9.17) is 5.11 Å². The molecule has 2 aromatic rings. The van der Waals surface area contributed by atoms with Crippen molar-refractivity contribution < 1.29 is 23.1 Å². The highest BCUT2D eigenvalue weighted by molar-refractivity contribution is 5.82. The Hall–Kier alpha value is -2.51. The number of hydrogen-bond acceptors (Lipinski definition) is 2. The van der Waals surface area contributed by atoms with Crippen molar-refractivity contribution in [3.63, 3.8) is 0 Å². The second kappa shape index (κ2) is 4.75. The lowest BCUT2D eigenvalue weighted by molar-refractivity contribution is -0.161. The second-order valence-corrected chi connectivity index (χ2v) is 5.17. The summed E-state index contributed by atoms with van der Waals surface area (Å²) in [6.07, 6.45) is -5.83. The van der Waals surface area contributed by atoms with Gasteiger partial charge in [-0.2, -0.15) is 18.3 Å². The van der Waals surface area contributed by atoms with E-state index in [1.807, 2.05) is 0 Å². The Balaban J connectivity index is 2.08. The fourth-order valence-corrected chi connectivity index (χ4v) is 2.39. The summed E-state index contributed by atoms with van der Waals surface area (Å²) < 4.78 is 40.8. The number of hydrogen-bond donors (Lipinski definition) is 2. The molecule has 1 aliphatic rings. The fourth-order valence-electron chi connectivity index (χ4n) is 2.39. The quantitative estimate of drug-likeness (QED) is 0.911. The third-order valence-corrected chi connectivity index (χ3v) is 3.73. The molecule has 1 amide bonds. The van der Waals surface area contributed by atoms with E-state index >= 15 is 0 Å². The number of anilines is 1. The van der Waals surface area contributed by atoms with Crippen LogP contribution >= 0.6 is 0 Å². The molecule has 1 aromatic carbocycles. The van der Waals surface area contributed by atoms with Crippen LogP contribution in [0.25, 0.3) is 5.69 Å². The molecule has 0 unspecified atom stereocenters. The Morgan fingerprint density at radius 3 is 2.41 bits per heavy atom. The Bertz CT molecular complexity index is 706. The molecule has 3 rings (SSSR count). The molecule has 116 valence electrons. The Morgan fingerprint density at radius 1 is 1.27 bits per heavy atom. The van der Waals surface area contributed by atoms with E-state index in [1.165, 1.54) is 4.68 Å². The van der Waals surface area contributed by atoms with Crippen molar-refractivity contribution in [1.82, 2.24) is 9.78 Å². The van der Waals surface area contributed by atoms with Crippen LogP contribution in [0, 0.1) is 0 Å². The van der Waals surface area contributed by atoms with Gasteiger partial charge in [0.2, 0.25) is 0 Å². The number of para-hydroxylation sites is 1. The number of nitrogens with one attached hydrogen (secondary N) is 1. The molecule has 0 spiro atoms.